The number of hydrogen-bond acceptors (Lipinski definition) is 4. The van der Waals surface area contributed by atoms with Gasteiger partial charge in [0.2, 0.25) is 0 Å². The number of carbonyl (C=O) groups is 2. The highest BCUT2D eigenvalue weighted by molar-refractivity contribution is 5.78. The molecular formula is C14H21F2O4-. The highest BCUT2D eigenvalue weighted by Gasteiger charge is 2.49. The van der Waals surface area contributed by atoms with E-state index in [-0.39, 0.29) is 0 Å². The van der Waals surface area contributed by atoms with E-state index >= 15 is 0 Å². The van der Waals surface area contributed by atoms with E-state index in [4.69, 9.17) is 4.74 Å². The number of hydrogen-bond donors (Lipinski definition) is 0. The summed E-state index contributed by atoms with van der Waals surface area (Å²) in [5.41, 5.74) is -0.963. The molecule has 1 aliphatic carbocycles. The smallest absolute Gasteiger partial charge is 0.323 e. The molecule has 1 unspecified atom stereocenters. The van der Waals surface area contributed by atoms with Gasteiger partial charge < -0.3 is 14.6 Å². The van der Waals surface area contributed by atoms with Crippen LogP contribution in [0.15, 0.2) is 0 Å². The first kappa shape index (κ1) is 16.9. The number of ether oxygens (including phenoxy) is 1. The average Bonchev–Trinajstić information content (AvgIpc) is 2.35. The van der Waals surface area contributed by atoms with Crippen molar-refractivity contribution in [3.63, 3.8) is 0 Å². The fourth-order valence-corrected chi connectivity index (χ4v) is 2.31. The van der Waals surface area contributed by atoms with Gasteiger partial charge in [-0.2, -0.15) is 8.78 Å². The molecule has 1 saturated carbocycles. The molecule has 0 aliphatic heterocycles. The van der Waals surface area contributed by atoms with Gasteiger partial charge in [-0.15, -0.1) is 0 Å². The van der Waals surface area contributed by atoms with E-state index < -0.39 is 35.3 Å². The average molecular weight is 291 g/mol. The van der Waals surface area contributed by atoms with Crippen LogP contribution in [-0.4, -0.2) is 24.0 Å². The predicted octanol–water partition coefficient (Wildman–Crippen LogP) is 1.91. The molecule has 0 radical (unpaired) electrons. The van der Waals surface area contributed by atoms with E-state index in [1.165, 1.54) is 20.8 Å². The fourth-order valence-electron chi connectivity index (χ4n) is 2.31. The van der Waals surface area contributed by atoms with Gasteiger partial charge in [-0.25, -0.2) is 0 Å². The summed E-state index contributed by atoms with van der Waals surface area (Å²) in [6.07, 6.45) is 1.32. The first-order valence-corrected chi connectivity index (χ1v) is 6.87. The van der Waals surface area contributed by atoms with Crippen molar-refractivity contribution < 1.29 is 28.2 Å². The number of carboxylic acid groups (broad SMARTS) is 1. The molecule has 0 aromatic rings. The Morgan fingerprint density at radius 3 is 2.05 bits per heavy atom. The largest absolute Gasteiger partial charge is 0.544 e. The Labute approximate surface area is 117 Å². The normalized spacial score (nSPS) is 19.4. The van der Waals surface area contributed by atoms with Gasteiger partial charge in [-0.1, -0.05) is 19.3 Å². The molecule has 0 aromatic carbocycles. The van der Waals surface area contributed by atoms with Crippen LogP contribution < -0.4 is 5.11 Å². The first-order valence-electron chi connectivity index (χ1n) is 6.87. The van der Waals surface area contributed by atoms with Crippen LogP contribution in [-0.2, 0) is 14.3 Å². The number of aliphatic carboxylic acids is 1. The van der Waals surface area contributed by atoms with Crippen LogP contribution in [0, 0.1) is 11.3 Å². The monoisotopic (exact) mass is 291 g/mol. The second-order valence-electron chi connectivity index (χ2n) is 6.38. The lowest BCUT2D eigenvalue weighted by Crippen LogP contribution is -2.55. The summed E-state index contributed by atoms with van der Waals surface area (Å²) in [5, 5.41) is 10.7. The lowest BCUT2D eigenvalue weighted by Gasteiger charge is -2.36. The van der Waals surface area contributed by atoms with E-state index in [0.29, 0.717) is 12.8 Å². The Morgan fingerprint density at radius 2 is 1.65 bits per heavy atom. The van der Waals surface area contributed by atoms with Crippen LogP contribution in [0.3, 0.4) is 0 Å². The van der Waals surface area contributed by atoms with Crippen molar-refractivity contribution in [3.05, 3.63) is 0 Å². The third-order valence-corrected chi connectivity index (χ3v) is 3.55. The zero-order valence-electron chi connectivity index (χ0n) is 12.1. The standard InChI is InChI=1S/C14H22F2O4/c1-13(2,3)12(19)20-10(14(15,16)11(17)18)9-7-5-4-6-8-9/h9-10H,4-8H2,1-3H3,(H,17,18)/p-1. The van der Waals surface area contributed by atoms with E-state index in [9.17, 15) is 23.5 Å². The third-order valence-electron chi connectivity index (χ3n) is 3.55. The number of rotatable bonds is 4. The van der Waals surface area contributed by atoms with E-state index in [1.54, 1.807) is 0 Å². The molecule has 0 saturated heterocycles. The maximum absolute atomic E-state index is 13.8. The van der Waals surface area contributed by atoms with Crippen molar-refractivity contribution in [2.75, 3.05) is 0 Å². The summed E-state index contributed by atoms with van der Waals surface area (Å²) in [6.45, 7) is 4.60. The molecule has 1 fully saturated rings. The molecule has 1 aliphatic rings. The number of carboxylic acids is 1. The Balaban J connectivity index is 2.95. The Hall–Kier alpha value is -1.20. The number of alkyl halides is 2. The molecule has 0 aromatic heterocycles. The van der Waals surface area contributed by atoms with Gasteiger partial charge in [0.15, 0.2) is 6.10 Å². The van der Waals surface area contributed by atoms with E-state index in [0.717, 1.165) is 19.3 Å². The van der Waals surface area contributed by atoms with Gasteiger partial charge in [0.1, 0.15) is 5.97 Å². The van der Waals surface area contributed by atoms with Crippen molar-refractivity contribution in [1.82, 2.24) is 0 Å². The SMILES string of the molecule is CC(C)(C)C(=O)OC(C1CCCCC1)C(F)(F)C(=O)[O-]. The van der Waals surface area contributed by atoms with Gasteiger partial charge >= 0.3 is 11.9 Å². The van der Waals surface area contributed by atoms with Crippen LogP contribution in [0.5, 0.6) is 0 Å². The number of carbonyl (C=O) groups excluding carboxylic acids is 2. The quantitative estimate of drug-likeness (QED) is 0.742. The van der Waals surface area contributed by atoms with Crippen molar-refractivity contribution in [3.8, 4) is 0 Å². The Kier molecular flexibility index (Phi) is 5.10. The summed E-state index contributed by atoms with van der Waals surface area (Å²) in [6, 6.07) is 0. The van der Waals surface area contributed by atoms with E-state index in [1.807, 2.05) is 0 Å². The summed E-state index contributed by atoms with van der Waals surface area (Å²) in [7, 11) is 0. The molecular weight excluding hydrogens is 270 g/mol. The van der Waals surface area contributed by atoms with Gasteiger partial charge in [-0.3, -0.25) is 4.79 Å². The molecule has 4 nitrogen and oxygen atoms in total. The molecule has 0 spiro atoms. The Bertz CT molecular complexity index is 368. The summed E-state index contributed by atoms with van der Waals surface area (Å²) >= 11 is 0. The zero-order valence-corrected chi connectivity index (χ0v) is 12.1. The minimum absolute atomic E-state index is 0.435. The van der Waals surface area contributed by atoms with Crippen molar-refractivity contribution in [2.24, 2.45) is 11.3 Å². The molecule has 0 N–H and O–H groups in total. The maximum atomic E-state index is 13.8. The molecule has 1 rings (SSSR count). The van der Waals surface area contributed by atoms with Crippen LogP contribution in [0.4, 0.5) is 8.78 Å². The molecule has 0 heterocycles. The Morgan fingerprint density at radius 1 is 1.15 bits per heavy atom. The second-order valence-corrected chi connectivity index (χ2v) is 6.38. The molecule has 20 heavy (non-hydrogen) atoms. The topological polar surface area (TPSA) is 66.4 Å². The fraction of sp³-hybridized carbons (Fsp3) is 0.857. The van der Waals surface area contributed by atoms with Crippen molar-refractivity contribution in [1.29, 1.82) is 0 Å². The van der Waals surface area contributed by atoms with Crippen molar-refractivity contribution >= 4 is 11.9 Å². The molecule has 0 bridgehead atoms. The summed E-state index contributed by atoms with van der Waals surface area (Å²) < 4.78 is 32.5. The van der Waals surface area contributed by atoms with Gasteiger partial charge in [0.25, 0.3) is 0 Å². The summed E-state index contributed by atoms with van der Waals surface area (Å²) in [4.78, 5) is 22.5. The molecule has 6 heteroatoms. The minimum atomic E-state index is -4.16. The van der Waals surface area contributed by atoms with Gasteiger partial charge in [0.05, 0.1) is 5.41 Å². The molecule has 116 valence electrons. The lowest BCUT2D eigenvalue weighted by molar-refractivity contribution is -0.338. The highest BCUT2D eigenvalue weighted by Crippen LogP contribution is 2.36. The maximum Gasteiger partial charge on any atom is 0.323 e. The van der Waals surface area contributed by atoms with Crippen LogP contribution in [0.2, 0.25) is 0 Å². The number of halogens is 2. The second kappa shape index (κ2) is 6.06. The number of esters is 1. The van der Waals surface area contributed by atoms with Gasteiger partial charge in [0, 0.05) is 5.92 Å². The first-order chi connectivity index (χ1) is 9.06. The van der Waals surface area contributed by atoms with Crippen LogP contribution >= 0.6 is 0 Å². The van der Waals surface area contributed by atoms with Crippen molar-refractivity contribution in [2.45, 2.75) is 64.9 Å². The zero-order chi connectivity index (χ0) is 15.6. The highest BCUT2D eigenvalue weighted by atomic mass is 19.3. The molecule has 1 atom stereocenters. The third kappa shape index (κ3) is 3.90. The predicted molar refractivity (Wildman–Crippen MR) is 65.9 cm³/mol. The lowest BCUT2D eigenvalue weighted by atomic mass is 9.82. The van der Waals surface area contributed by atoms with Crippen LogP contribution in [0.1, 0.15) is 52.9 Å². The minimum Gasteiger partial charge on any atom is -0.544 e. The molecule has 0 amide bonds. The van der Waals surface area contributed by atoms with Crippen LogP contribution in [0.25, 0.3) is 0 Å². The van der Waals surface area contributed by atoms with E-state index in [2.05, 4.69) is 0 Å². The summed E-state index contributed by atoms with van der Waals surface area (Å²) in [5.74, 6) is -8.12. The van der Waals surface area contributed by atoms with Gasteiger partial charge in [-0.05, 0) is 33.6 Å².